The smallest absolute Gasteiger partial charge is 0.178 e. The van der Waals surface area contributed by atoms with Gasteiger partial charge in [-0.25, -0.2) is 28.4 Å². The lowest BCUT2D eigenvalue weighted by molar-refractivity contribution is 0.576. The van der Waals surface area contributed by atoms with Gasteiger partial charge in [0.15, 0.2) is 23.3 Å². The van der Waals surface area contributed by atoms with Gasteiger partial charge in [0.2, 0.25) is 0 Å². The quantitative estimate of drug-likeness (QED) is 0.451. The molecule has 4 nitrogen and oxygen atoms in total. The van der Waals surface area contributed by atoms with Crippen LogP contribution in [-0.2, 0) is 6.42 Å². The molecule has 0 saturated carbocycles. The Labute approximate surface area is 118 Å². The Morgan fingerprint density at radius 2 is 1.52 bits per heavy atom. The third kappa shape index (κ3) is 3.82. The molecule has 2 rings (SSSR count). The molecule has 0 aliphatic rings. The summed E-state index contributed by atoms with van der Waals surface area (Å²) in [5, 5.41) is 2.61. The van der Waals surface area contributed by atoms with Gasteiger partial charge < -0.3 is 10.7 Å². The minimum absolute atomic E-state index is 0.155. The maximum atomic E-state index is 13.5. The fourth-order valence-electron chi connectivity index (χ4n) is 1.77. The van der Waals surface area contributed by atoms with E-state index in [1.165, 1.54) is 12.1 Å². The molecule has 0 unspecified atom stereocenters. The van der Waals surface area contributed by atoms with Crippen molar-refractivity contribution in [1.29, 1.82) is 0 Å². The monoisotopic (exact) mass is 300 g/mol. The van der Waals surface area contributed by atoms with E-state index in [1.54, 1.807) is 0 Å². The maximum absolute atomic E-state index is 13.5. The highest BCUT2D eigenvalue weighted by molar-refractivity contribution is 5.46. The lowest BCUT2D eigenvalue weighted by atomic mass is 10.1. The van der Waals surface area contributed by atoms with Crippen LogP contribution in [0.2, 0.25) is 0 Å². The SMILES string of the molecule is NNc1nc(NCCc2cc(F)cc(F)c2)c(F)cc1F. The second-order valence-corrected chi connectivity index (χ2v) is 4.25. The van der Waals surface area contributed by atoms with E-state index in [2.05, 4.69) is 10.3 Å². The van der Waals surface area contributed by atoms with Gasteiger partial charge in [-0.2, -0.15) is 0 Å². The lowest BCUT2D eigenvalue weighted by Crippen LogP contribution is -2.14. The summed E-state index contributed by atoms with van der Waals surface area (Å²) in [4.78, 5) is 3.61. The van der Waals surface area contributed by atoms with Gasteiger partial charge in [-0.1, -0.05) is 0 Å². The van der Waals surface area contributed by atoms with Crippen LogP contribution in [0.4, 0.5) is 29.2 Å². The first-order valence-corrected chi connectivity index (χ1v) is 6.01. The van der Waals surface area contributed by atoms with Gasteiger partial charge in [0.1, 0.15) is 11.6 Å². The highest BCUT2D eigenvalue weighted by Gasteiger charge is 2.10. The van der Waals surface area contributed by atoms with Gasteiger partial charge in [-0.3, -0.25) is 0 Å². The van der Waals surface area contributed by atoms with Crippen molar-refractivity contribution in [2.45, 2.75) is 6.42 Å². The molecule has 1 aromatic carbocycles. The normalized spacial score (nSPS) is 10.5. The maximum Gasteiger partial charge on any atom is 0.178 e. The number of nitrogens with zero attached hydrogens (tertiary/aromatic N) is 1. The highest BCUT2D eigenvalue weighted by atomic mass is 19.1. The minimum Gasteiger partial charge on any atom is -0.367 e. The van der Waals surface area contributed by atoms with Gasteiger partial charge in [-0.15, -0.1) is 0 Å². The highest BCUT2D eigenvalue weighted by Crippen LogP contribution is 2.18. The van der Waals surface area contributed by atoms with E-state index in [0.717, 1.165) is 6.07 Å². The van der Waals surface area contributed by atoms with Gasteiger partial charge in [0.25, 0.3) is 0 Å². The number of pyridine rings is 1. The molecule has 0 fully saturated rings. The third-order valence-corrected chi connectivity index (χ3v) is 2.69. The van der Waals surface area contributed by atoms with Crippen LogP contribution in [0.25, 0.3) is 0 Å². The number of nitrogens with one attached hydrogen (secondary N) is 2. The first-order valence-electron chi connectivity index (χ1n) is 6.01. The summed E-state index contributed by atoms with van der Waals surface area (Å²) in [6.45, 7) is 0.155. The van der Waals surface area contributed by atoms with E-state index in [4.69, 9.17) is 5.84 Å². The number of anilines is 2. The van der Waals surface area contributed by atoms with Gasteiger partial charge in [0.05, 0.1) is 0 Å². The van der Waals surface area contributed by atoms with E-state index in [0.29, 0.717) is 11.6 Å². The topological polar surface area (TPSA) is 63.0 Å². The second kappa shape index (κ2) is 6.40. The van der Waals surface area contributed by atoms with Crippen LogP contribution in [0.3, 0.4) is 0 Å². The van der Waals surface area contributed by atoms with Crippen LogP contribution in [0, 0.1) is 23.3 Å². The molecule has 0 atom stereocenters. The van der Waals surface area contributed by atoms with E-state index in [9.17, 15) is 17.6 Å². The molecule has 0 aliphatic heterocycles. The molecule has 1 aromatic heterocycles. The van der Waals surface area contributed by atoms with Crippen molar-refractivity contribution in [3.05, 3.63) is 53.1 Å². The Bertz CT molecular complexity index is 628. The average Bonchev–Trinajstić information content (AvgIpc) is 2.40. The van der Waals surface area contributed by atoms with Crippen molar-refractivity contribution >= 4 is 11.6 Å². The van der Waals surface area contributed by atoms with Crippen molar-refractivity contribution in [3.63, 3.8) is 0 Å². The molecule has 0 spiro atoms. The Balaban J connectivity index is 2.03. The Morgan fingerprint density at radius 1 is 0.905 bits per heavy atom. The molecular formula is C13H12F4N4. The number of benzene rings is 1. The molecule has 4 N–H and O–H groups in total. The van der Waals surface area contributed by atoms with Crippen molar-refractivity contribution in [2.75, 3.05) is 17.3 Å². The largest absolute Gasteiger partial charge is 0.367 e. The Kier molecular flexibility index (Phi) is 4.59. The number of nitrogen functional groups attached to an aromatic ring is 1. The van der Waals surface area contributed by atoms with Crippen LogP contribution in [0.5, 0.6) is 0 Å². The van der Waals surface area contributed by atoms with Gasteiger partial charge >= 0.3 is 0 Å². The predicted octanol–water partition coefficient (Wildman–Crippen LogP) is 2.58. The molecule has 0 bridgehead atoms. The van der Waals surface area contributed by atoms with Crippen LogP contribution >= 0.6 is 0 Å². The molecule has 21 heavy (non-hydrogen) atoms. The summed E-state index contributed by atoms with van der Waals surface area (Å²) >= 11 is 0. The summed E-state index contributed by atoms with van der Waals surface area (Å²) in [5.41, 5.74) is 2.40. The van der Waals surface area contributed by atoms with Crippen LogP contribution in [-0.4, -0.2) is 11.5 Å². The third-order valence-electron chi connectivity index (χ3n) is 2.69. The Hall–Kier alpha value is -2.35. The van der Waals surface area contributed by atoms with Gasteiger partial charge in [-0.05, 0) is 24.1 Å². The number of hydrogen-bond acceptors (Lipinski definition) is 4. The van der Waals surface area contributed by atoms with E-state index < -0.39 is 23.3 Å². The predicted molar refractivity (Wildman–Crippen MR) is 70.5 cm³/mol. The summed E-state index contributed by atoms with van der Waals surface area (Å²) in [6.07, 6.45) is 0.235. The van der Waals surface area contributed by atoms with E-state index in [-0.39, 0.29) is 24.6 Å². The van der Waals surface area contributed by atoms with Crippen molar-refractivity contribution < 1.29 is 17.6 Å². The first-order chi connectivity index (χ1) is 9.99. The molecule has 0 saturated heterocycles. The summed E-state index contributed by atoms with van der Waals surface area (Å²) < 4.78 is 52.6. The summed E-state index contributed by atoms with van der Waals surface area (Å²) in [5.74, 6) is 1.33. The number of aromatic nitrogens is 1. The second-order valence-electron chi connectivity index (χ2n) is 4.25. The molecule has 0 aliphatic carbocycles. The minimum atomic E-state index is -0.923. The van der Waals surface area contributed by atoms with Crippen molar-refractivity contribution in [2.24, 2.45) is 5.84 Å². The zero-order valence-electron chi connectivity index (χ0n) is 10.8. The fourth-order valence-corrected chi connectivity index (χ4v) is 1.77. The molecule has 2 aromatic rings. The number of hydrazine groups is 1. The molecule has 112 valence electrons. The number of rotatable bonds is 5. The molecular weight excluding hydrogens is 288 g/mol. The molecule has 0 radical (unpaired) electrons. The number of hydrogen-bond donors (Lipinski definition) is 3. The summed E-state index contributed by atoms with van der Waals surface area (Å²) in [7, 11) is 0. The molecule has 1 heterocycles. The lowest BCUT2D eigenvalue weighted by Gasteiger charge is -2.09. The van der Waals surface area contributed by atoms with E-state index >= 15 is 0 Å². The van der Waals surface area contributed by atoms with Gasteiger partial charge in [0, 0.05) is 18.7 Å². The first kappa shape index (κ1) is 15.0. The fraction of sp³-hybridized carbons (Fsp3) is 0.154. The number of nitrogens with two attached hydrogens (primary N) is 1. The van der Waals surface area contributed by atoms with E-state index in [1.807, 2.05) is 5.43 Å². The standard InChI is InChI=1S/C13H12F4N4/c14-8-3-7(4-9(15)5-8)1-2-19-12-10(16)6-11(17)13(20-12)21-18/h3-6H,1-2,18H2,(H2,19,20,21). The zero-order valence-corrected chi connectivity index (χ0v) is 10.8. The molecule has 8 heteroatoms. The van der Waals surface area contributed by atoms with Crippen molar-refractivity contribution in [1.82, 2.24) is 4.98 Å². The average molecular weight is 300 g/mol. The molecule has 0 amide bonds. The Morgan fingerprint density at radius 3 is 2.14 bits per heavy atom. The summed E-state index contributed by atoms with van der Waals surface area (Å²) in [6, 6.07) is 3.74. The number of halogens is 4. The van der Waals surface area contributed by atoms with Crippen LogP contribution < -0.4 is 16.6 Å². The van der Waals surface area contributed by atoms with Crippen LogP contribution in [0.1, 0.15) is 5.56 Å². The van der Waals surface area contributed by atoms with Crippen molar-refractivity contribution in [3.8, 4) is 0 Å². The zero-order chi connectivity index (χ0) is 15.4. The van der Waals surface area contributed by atoms with Crippen LogP contribution in [0.15, 0.2) is 24.3 Å².